The van der Waals surface area contributed by atoms with Crippen LogP contribution in [0.5, 0.6) is 0 Å². The van der Waals surface area contributed by atoms with E-state index < -0.39 is 0 Å². The Kier molecular flexibility index (Phi) is 3.39. The number of imidazole rings is 1. The van der Waals surface area contributed by atoms with Crippen molar-refractivity contribution in [2.24, 2.45) is 0 Å². The Hall–Kier alpha value is -3.00. The molecule has 0 saturated carbocycles. The summed E-state index contributed by atoms with van der Waals surface area (Å²) in [5.41, 5.74) is 2.89. The molecule has 0 radical (unpaired) electrons. The van der Waals surface area contributed by atoms with Crippen molar-refractivity contribution in [1.82, 2.24) is 34.7 Å². The van der Waals surface area contributed by atoms with E-state index in [4.69, 9.17) is 0 Å². The van der Waals surface area contributed by atoms with E-state index in [0.29, 0.717) is 6.04 Å². The fraction of sp³-hybridized carbons (Fsp3) is 0.333. The van der Waals surface area contributed by atoms with Crippen molar-refractivity contribution < 1.29 is 0 Å². The number of hydrogen-bond donors (Lipinski definition) is 1. The zero-order valence-electron chi connectivity index (χ0n) is 14.8. The van der Waals surface area contributed by atoms with E-state index in [1.54, 1.807) is 4.52 Å². The van der Waals surface area contributed by atoms with Crippen molar-refractivity contribution in [2.75, 3.05) is 25.0 Å². The van der Waals surface area contributed by atoms with E-state index in [0.717, 1.165) is 53.8 Å². The van der Waals surface area contributed by atoms with Gasteiger partial charge in [-0.05, 0) is 38.2 Å². The van der Waals surface area contributed by atoms with Crippen molar-refractivity contribution in [2.45, 2.75) is 19.5 Å². The lowest BCUT2D eigenvalue weighted by molar-refractivity contribution is 0.193. The molecule has 1 N–H and O–H groups in total. The minimum atomic E-state index is 0.489. The maximum Gasteiger partial charge on any atom is 0.178 e. The predicted octanol–water partition coefficient (Wildman–Crippen LogP) is 1.63. The van der Waals surface area contributed by atoms with Gasteiger partial charge in [-0.15, -0.1) is 15.3 Å². The van der Waals surface area contributed by atoms with Gasteiger partial charge in [0.2, 0.25) is 0 Å². The molecule has 5 rings (SSSR count). The molecule has 0 spiro atoms. The molecule has 0 aliphatic carbocycles. The van der Waals surface area contributed by atoms with E-state index in [9.17, 15) is 0 Å². The first-order valence-electron chi connectivity index (χ1n) is 8.75. The van der Waals surface area contributed by atoms with E-state index in [1.165, 1.54) is 0 Å². The quantitative estimate of drug-likeness (QED) is 0.604. The number of likely N-dealkylation sites (N-methyl/N-ethyl adjacent to an activating group) is 1. The molecule has 1 aliphatic rings. The number of aryl methyl sites for hydroxylation is 1. The number of rotatable bonds is 4. The van der Waals surface area contributed by atoms with Crippen molar-refractivity contribution in [3.05, 3.63) is 48.0 Å². The topological polar surface area (TPSA) is 78.2 Å². The maximum absolute atomic E-state index is 4.67. The maximum atomic E-state index is 4.67. The number of H-pyrrole nitrogens is 1. The van der Waals surface area contributed by atoms with Gasteiger partial charge in [0.25, 0.3) is 0 Å². The summed E-state index contributed by atoms with van der Waals surface area (Å²) in [4.78, 5) is 12.7. The summed E-state index contributed by atoms with van der Waals surface area (Å²) in [5, 5.41) is 12.8. The molecule has 0 amide bonds. The van der Waals surface area contributed by atoms with Gasteiger partial charge in [0.05, 0.1) is 17.6 Å². The van der Waals surface area contributed by atoms with Crippen molar-refractivity contribution >= 4 is 22.5 Å². The number of fused-ring (bicyclic) bond motifs is 2. The second kappa shape index (κ2) is 5.77. The van der Waals surface area contributed by atoms with Crippen molar-refractivity contribution in [3.8, 4) is 0 Å². The van der Waals surface area contributed by atoms with Gasteiger partial charge in [0.1, 0.15) is 11.6 Å². The number of benzene rings is 1. The Bertz CT molecular complexity index is 1040. The van der Waals surface area contributed by atoms with Crippen LogP contribution in [-0.4, -0.2) is 60.9 Å². The minimum Gasteiger partial charge on any atom is -0.352 e. The smallest absolute Gasteiger partial charge is 0.178 e. The minimum absolute atomic E-state index is 0.489. The standard InChI is InChI=1S/C18H20N8/c1-12-21-22-17-7-8-18(23-26(12)17)25-9-13(10-25)24(2)11-16-19-14-5-3-4-6-15(14)20-16/h3-8,13H,9-11H2,1-2H3,(H,19,20). The van der Waals surface area contributed by atoms with Crippen LogP contribution in [-0.2, 0) is 6.54 Å². The first kappa shape index (κ1) is 15.3. The highest BCUT2D eigenvalue weighted by atomic mass is 15.4. The molecule has 132 valence electrons. The van der Waals surface area contributed by atoms with Gasteiger partial charge in [0.15, 0.2) is 11.5 Å². The Morgan fingerprint density at radius 1 is 1.15 bits per heavy atom. The van der Waals surface area contributed by atoms with E-state index in [1.807, 2.05) is 37.3 Å². The predicted molar refractivity (Wildman–Crippen MR) is 99.1 cm³/mol. The molecule has 1 fully saturated rings. The van der Waals surface area contributed by atoms with Crippen LogP contribution in [0.2, 0.25) is 0 Å². The molecule has 4 aromatic rings. The highest BCUT2D eigenvalue weighted by Crippen LogP contribution is 2.22. The van der Waals surface area contributed by atoms with Gasteiger partial charge >= 0.3 is 0 Å². The normalized spacial score (nSPS) is 15.3. The second-order valence-electron chi connectivity index (χ2n) is 6.88. The first-order chi connectivity index (χ1) is 12.7. The largest absolute Gasteiger partial charge is 0.352 e. The molecule has 0 bridgehead atoms. The van der Waals surface area contributed by atoms with Gasteiger partial charge in [0, 0.05) is 19.1 Å². The molecule has 1 aliphatic heterocycles. The number of aromatic amines is 1. The number of aromatic nitrogens is 6. The van der Waals surface area contributed by atoms with Crippen LogP contribution in [0.4, 0.5) is 5.82 Å². The molecule has 8 heteroatoms. The van der Waals surface area contributed by atoms with Crippen LogP contribution >= 0.6 is 0 Å². The number of nitrogens with zero attached hydrogens (tertiary/aromatic N) is 7. The molecule has 0 atom stereocenters. The summed E-state index contributed by atoms with van der Waals surface area (Å²) in [7, 11) is 2.15. The van der Waals surface area contributed by atoms with Gasteiger partial charge in [-0.1, -0.05) is 12.1 Å². The molecular weight excluding hydrogens is 328 g/mol. The van der Waals surface area contributed by atoms with E-state index in [-0.39, 0.29) is 0 Å². The monoisotopic (exact) mass is 348 g/mol. The Morgan fingerprint density at radius 2 is 2.00 bits per heavy atom. The van der Waals surface area contributed by atoms with Gasteiger partial charge in [-0.25, -0.2) is 4.98 Å². The molecule has 1 saturated heterocycles. The molecule has 8 nitrogen and oxygen atoms in total. The van der Waals surface area contributed by atoms with Gasteiger partial charge in [-0.2, -0.15) is 4.52 Å². The highest BCUT2D eigenvalue weighted by molar-refractivity contribution is 5.74. The third kappa shape index (κ3) is 2.50. The van der Waals surface area contributed by atoms with E-state index in [2.05, 4.69) is 48.2 Å². The zero-order valence-corrected chi connectivity index (χ0v) is 14.8. The Labute approximate surface area is 150 Å². The fourth-order valence-corrected chi connectivity index (χ4v) is 3.42. The zero-order chi connectivity index (χ0) is 17.7. The summed E-state index contributed by atoms with van der Waals surface area (Å²) in [6.07, 6.45) is 0. The van der Waals surface area contributed by atoms with Crippen LogP contribution in [0, 0.1) is 6.92 Å². The van der Waals surface area contributed by atoms with Crippen molar-refractivity contribution in [1.29, 1.82) is 0 Å². The van der Waals surface area contributed by atoms with Crippen LogP contribution < -0.4 is 4.90 Å². The lowest BCUT2D eigenvalue weighted by Crippen LogP contribution is -2.58. The van der Waals surface area contributed by atoms with Crippen LogP contribution in [0.3, 0.4) is 0 Å². The second-order valence-corrected chi connectivity index (χ2v) is 6.88. The molecule has 4 heterocycles. The average molecular weight is 348 g/mol. The number of nitrogens with one attached hydrogen (secondary N) is 1. The van der Waals surface area contributed by atoms with Crippen LogP contribution in [0.15, 0.2) is 36.4 Å². The van der Waals surface area contributed by atoms with E-state index >= 15 is 0 Å². The number of para-hydroxylation sites is 2. The van der Waals surface area contributed by atoms with Gasteiger partial charge in [-0.3, -0.25) is 4.90 Å². The Morgan fingerprint density at radius 3 is 2.85 bits per heavy atom. The lowest BCUT2D eigenvalue weighted by Gasteiger charge is -2.44. The number of hydrogen-bond acceptors (Lipinski definition) is 6. The molecule has 3 aromatic heterocycles. The summed E-state index contributed by atoms with van der Waals surface area (Å²) in [6.45, 7) is 4.63. The summed E-state index contributed by atoms with van der Waals surface area (Å²) in [6, 6.07) is 12.6. The third-order valence-corrected chi connectivity index (χ3v) is 5.05. The number of anilines is 1. The molecule has 1 aromatic carbocycles. The molecular formula is C18H20N8. The first-order valence-corrected chi connectivity index (χ1v) is 8.75. The summed E-state index contributed by atoms with van der Waals surface area (Å²) >= 11 is 0. The average Bonchev–Trinajstić information content (AvgIpc) is 3.16. The fourth-order valence-electron chi connectivity index (χ4n) is 3.42. The Balaban J connectivity index is 1.25. The molecule has 0 unspecified atom stereocenters. The van der Waals surface area contributed by atoms with Gasteiger partial charge < -0.3 is 9.88 Å². The SMILES string of the molecule is Cc1nnc2ccc(N3CC(N(C)Cc4nc5ccccc5[nH]4)C3)nn12. The van der Waals surface area contributed by atoms with Crippen LogP contribution in [0.25, 0.3) is 16.7 Å². The summed E-state index contributed by atoms with van der Waals surface area (Å²) < 4.78 is 1.79. The summed E-state index contributed by atoms with van der Waals surface area (Å²) in [5.74, 6) is 2.78. The molecule has 26 heavy (non-hydrogen) atoms. The highest BCUT2D eigenvalue weighted by Gasteiger charge is 2.31. The third-order valence-electron chi connectivity index (χ3n) is 5.05. The lowest BCUT2D eigenvalue weighted by atomic mass is 10.1. The van der Waals surface area contributed by atoms with Crippen molar-refractivity contribution in [3.63, 3.8) is 0 Å². The van der Waals surface area contributed by atoms with Crippen LogP contribution in [0.1, 0.15) is 11.6 Å².